The monoisotopic (exact) mass is 171 g/mol. The summed E-state index contributed by atoms with van der Waals surface area (Å²) < 4.78 is 2.39. The van der Waals surface area contributed by atoms with E-state index in [0.29, 0.717) is 0 Å². The Kier molecular flexibility index (Phi) is 1.32. The van der Waals surface area contributed by atoms with Crippen molar-refractivity contribution in [2.24, 2.45) is 5.92 Å². The first-order valence-electron chi connectivity index (χ1n) is 4.91. The topological polar surface area (TPSA) is 4.93 Å². The van der Waals surface area contributed by atoms with Crippen molar-refractivity contribution in [2.75, 3.05) is 0 Å². The Morgan fingerprint density at radius 1 is 1.31 bits per heavy atom. The molecule has 1 atom stereocenters. The average molecular weight is 171 g/mol. The highest BCUT2D eigenvalue weighted by atomic mass is 15.0. The maximum absolute atomic E-state index is 2.39. The van der Waals surface area contributed by atoms with Gasteiger partial charge >= 0.3 is 0 Å². The third kappa shape index (κ3) is 0.932. The predicted octanol–water partition coefficient (Wildman–Crippen LogP) is 2.83. The zero-order valence-electron chi connectivity index (χ0n) is 7.83. The number of hydrogen-bond donors (Lipinski definition) is 0. The van der Waals surface area contributed by atoms with Crippen LogP contribution in [0.5, 0.6) is 0 Å². The molecule has 1 aliphatic heterocycles. The molecule has 0 aliphatic carbocycles. The summed E-state index contributed by atoms with van der Waals surface area (Å²) in [4.78, 5) is 0. The molecule has 0 spiro atoms. The van der Waals surface area contributed by atoms with E-state index in [1.54, 1.807) is 0 Å². The van der Waals surface area contributed by atoms with Crippen molar-refractivity contribution in [1.82, 2.24) is 4.57 Å². The normalized spacial score (nSPS) is 20.8. The van der Waals surface area contributed by atoms with E-state index in [0.717, 1.165) is 5.92 Å². The van der Waals surface area contributed by atoms with E-state index in [1.165, 1.54) is 29.4 Å². The standard InChI is InChI=1S/C12H13N/c1-9-7-11-4-2-3-10-5-6-13(8-9)12(10)11/h2-6,9H,7-8H2,1H3. The fraction of sp³-hybridized carbons (Fsp3) is 0.333. The van der Waals surface area contributed by atoms with Crippen molar-refractivity contribution in [2.45, 2.75) is 19.9 Å². The van der Waals surface area contributed by atoms with Crippen LogP contribution in [0.25, 0.3) is 10.9 Å². The SMILES string of the molecule is CC1Cc2cccc3ccn(c23)C1. The van der Waals surface area contributed by atoms with Crippen LogP contribution in [-0.2, 0) is 13.0 Å². The largest absolute Gasteiger partial charge is 0.347 e. The fourth-order valence-corrected chi connectivity index (χ4v) is 2.43. The van der Waals surface area contributed by atoms with Gasteiger partial charge in [-0.15, -0.1) is 0 Å². The Bertz CT molecular complexity index is 453. The summed E-state index contributed by atoms with van der Waals surface area (Å²) >= 11 is 0. The van der Waals surface area contributed by atoms with Crippen LogP contribution in [0.15, 0.2) is 30.5 Å². The minimum absolute atomic E-state index is 0.783. The van der Waals surface area contributed by atoms with Crippen LogP contribution >= 0.6 is 0 Å². The highest BCUT2D eigenvalue weighted by Gasteiger charge is 2.16. The second kappa shape index (κ2) is 2.38. The average Bonchev–Trinajstić information content (AvgIpc) is 2.50. The molecular weight excluding hydrogens is 158 g/mol. The van der Waals surface area contributed by atoms with Crippen molar-refractivity contribution in [3.05, 3.63) is 36.0 Å². The van der Waals surface area contributed by atoms with Crippen molar-refractivity contribution in [3.63, 3.8) is 0 Å². The molecule has 0 saturated heterocycles. The van der Waals surface area contributed by atoms with Gasteiger partial charge in [0.2, 0.25) is 0 Å². The van der Waals surface area contributed by atoms with Gasteiger partial charge in [-0.25, -0.2) is 0 Å². The molecule has 1 aliphatic rings. The minimum atomic E-state index is 0.783. The van der Waals surface area contributed by atoms with Crippen molar-refractivity contribution in [1.29, 1.82) is 0 Å². The smallest absolute Gasteiger partial charge is 0.0512 e. The first-order chi connectivity index (χ1) is 6.34. The zero-order valence-corrected chi connectivity index (χ0v) is 7.83. The van der Waals surface area contributed by atoms with Gasteiger partial charge in [0.25, 0.3) is 0 Å². The lowest BCUT2D eigenvalue weighted by atomic mass is 9.96. The molecule has 0 saturated carbocycles. The summed E-state index contributed by atoms with van der Waals surface area (Å²) in [7, 11) is 0. The van der Waals surface area contributed by atoms with Crippen LogP contribution in [0, 0.1) is 5.92 Å². The summed E-state index contributed by atoms with van der Waals surface area (Å²) in [5, 5.41) is 1.39. The molecule has 3 rings (SSSR count). The summed E-state index contributed by atoms with van der Waals surface area (Å²) in [6, 6.07) is 8.84. The van der Waals surface area contributed by atoms with Gasteiger partial charge in [0.1, 0.15) is 0 Å². The number of nitrogens with zero attached hydrogens (tertiary/aromatic N) is 1. The van der Waals surface area contributed by atoms with E-state index in [9.17, 15) is 0 Å². The van der Waals surface area contributed by atoms with Crippen LogP contribution in [0.2, 0.25) is 0 Å². The molecule has 1 aromatic heterocycles. The molecule has 0 fully saturated rings. The van der Waals surface area contributed by atoms with Gasteiger partial charge in [0, 0.05) is 12.7 Å². The van der Waals surface area contributed by atoms with Crippen LogP contribution in [0.3, 0.4) is 0 Å². The van der Waals surface area contributed by atoms with Crippen molar-refractivity contribution >= 4 is 10.9 Å². The molecule has 0 amide bonds. The van der Waals surface area contributed by atoms with Crippen molar-refractivity contribution in [3.8, 4) is 0 Å². The molecular formula is C12H13N. The van der Waals surface area contributed by atoms with Crippen molar-refractivity contribution < 1.29 is 0 Å². The van der Waals surface area contributed by atoms with E-state index in [4.69, 9.17) is 0 Å². The van der Waals surface area contributed by atoms with Gasteiger partial charge in [-0.1, -0.05) is 25.1 Å². The maximum Gasteiger partial charge on any atom is 0.0512 e. The fourth-order valence-electron chi connectivity index (χ4n) is 2.43. The molecule has 2 heterocycles. The molecule has 1 heteroatoms. The zero-order chi connectivity index (χ0) is 8.84. The summed E-state index contributed by atoms with van der Waals surface area (Å²) in [5.74, 6) is 0.783. The first-order valence-corrected chi connectivity index (χ1v) is 4.91. The van der Waals surface area contributed by atoms with Gasteiger partial charge in [-0.05, 0) is 29.4 Å². The Morgan fingerprint density at radius 2 is 2.23 bits per heavy atom. The summed E-state index contributed by atoms with van der Waals surface area (Å²) in [6.07, 6.45) is 3.45. The highest BCUT2D eigenvalue weighted by Crippen LogP contribution is 2.27. The second-order valence-electron chi connectivity index (χ2n) is 4.13. The Balaban J connectivity index is 2.38. The third-order valence-electron chi connectivity index (χ3n) is 2.95. The Labute approximate surface area is 78.0 Å². The number of rotatable bonds is 0. The highest BCUT2D eigenvalue weighted by molar-refractivity contribution is 5.83. The maximum atomic E-state index is 2.39. The summed E-state index contributed by atoms with van der Waals surface area (Å²) in [5.41, 5.74) is 2.97. The number of benzene rings is 1. The van der Waals surface area contributed by atoms with Crippen LogP contribution < -0.4 is 0 Å². The Morgan fingerprint density at radius 3 is 3.15 bits per heavy atom. The molecule has 66 valence electrons. The lowest BCUT2D eigenvalue weighted by Crippen LogP contribution is -2.15. The molecule has 2 aromatic rings. The van der Waals surface area contributed by atoms with E-state index in [1.807, 2.05) is 0 Å². The molecule has 0 N–H and O–H groups in total. The third-order valence-corrected chi connectivity index (χ3v) is 2.95. The van der Waals surface area contributed by atoms with E-state index in [-0.39, 0.29) is 0 Å². The lowest BCUT2D eigenvalue weighted by Gasteiger charge is -2.21. The Hall–Kier alpha value is -1.24. The van der Waals surface area contributed by atoms with Gasteiger partial charge in [-0.2, -0.15) is 0 Å². The number of para-hydroxylation sites is 1. The van der Waals surface area contributed by atoms with Gasteiger partial charge < -0.3 is 4.57 Å². The summed E-state index contributed by atoms with van der Waals surface area (Å²) in [6.45, 7) is 3.50. The second-order valence-corrected chi connectivity index (χ2v) is 4.13. The molecule has 13 heavy (non-hydrogen) atoms. The van der Waals surface area contributed by atoms with Gasteiger partial charge in [0.15, 0.2) is 0 Å². The van der Waals surface area contributed by atoms with E-state index in [2.05, 4.69) is 42.0 Å². The number of hydrogen-bond acceptors (Lipinski definition) is 0. The van der Waals surface area contributed by atoms with Gasteiger partial charge in [0.05, 0.1) is 5.52 Å². The van der Waals surface area contributed by atoms with Gasteiger partial charge in [-0.3, -0.25) is 0 Å². The molecule has 0 bridgehead atoms. The first kappa shape index (κ1) is 7.19. The lowest BCUT2D eigenvalue weighted by molar-refractivity contribution is 0.471. The van der Waals surface area contributed by atoms with E-state index < -0.39 is 0 Å². The van der Waals surface area contributed by atoms with Crippen LogP contribution in [0.1, 0.15) is 12.5 Å². The quantitative estimate of drug-likeness (QED) is 0.574. The number of aromatic nitrogens is 1. The predicted molar refractivity (Wildman–Crippen MR) is 54.8 cm³/mol. The molecule has 1 aromatic carbocycles. The molecule has 0 radical (unpaired) electrons. The van der Waals surface area contributed by atoms with Crippen LogP contribution in [-0.4, -0.2) is 4.57 Å². The minimum Gasteiger partial charge on any atom is -0.347 e. The molecule has 1 nitrogen and oxygen atoms in total. The van der Waals surface area contributed by atoms with E-state index >= 15 is 0 Å². The molecule has 1 unspecified atom stereocenters. The van der Waals surface area contributed by atoms with Crippen LogP contribution in [0.4, 0.5) is 0 Å².